The van der Waals surface area contributed by atoms with Crippen molar-refractivity contribution in [2.45, 2.75) is 31.1 Å². The number of hydrogen-bond donors (Lipinski definition) is 0. The Bertz CT molecular complexity index is 329. The largest absolute Gasteiger partial charge is 0.262 e. The molecule has 0 bridgehead atoms. The topological polar surface area (TPSA) is 12.9 Å². The second-order valence-electron chi connectivity index (χ2n) is 3.96. The van der Waals surface area contributed by atoms with E-state index in [0.29, 0.717) is 5.92 Å². The van der Waals surface area contributed by atoms with Gasteiger partial charge in [-0.1, -0.05) is 6.92 Å². The van der Waals surface area contributed by atoms with Gasteiger partial charge in [0.25, 0.3) is 0 Å². The van der Waals surface area contributed by atoms with Gasteiger partial charge in [0, 0.05) is 11.6 Å². The first kappa shape index (κ1) is 9.91. The Hall–Kier alpha value is -0.630. The van der Waals surface area contributed by atoms with Crippen molar-refractivity contribution in [1.82, 2.24) is 4.98 Å². The molecule has 2 rings (SSSR count). The molecule has 1 heterocycles. The van der Waals surface area contributed by atoms with Crippen molar-refractivity contribution in [2.24, 2.45) is 5.92 Å². The third-order valence-electron chi connectivity index (χ3n) is 3.16. The summed E-state index contributed by atoms with van der Waals surface area (Å²) in [7, 11) is 0. The minimum absolute atomic E-state index is 0.188. The van der Waals surface area contributed by atoms with Gasteiger partial charge in [-0.05, 0) is 36.3 Å². The molecular formula is C11H13ClFN. The zero-order valence-corrected chi connectivity index (χ0v) is 8.84. The van der Waals surface area contributed by atoms with E-state index in [2.05, 4.69) is 11.9 Å². The van der Waals surface area contributed by atoms with Gasteiger partial charge >= 0.3 is 0 Å². The van der Waals surface area contributed by atoms with Gasteiger partial charge in [0.05, 0.1) is 6.20 Å². The van der Waals surface area contributed by atoms with Gasteiger partial charge in [0.1, 0.15) is 5.82 Å². The Labute approximate surface area is 88.3 Å². The fraction of sp³-hybridized carbons (Fsp3) is 0.545. The number of alkyl halides is 1. The van der Waals surface area contributed by atoms with Crippen molar-refractivity contribution in [2.75, 3.05) is 0 Å². The van der Waals surface area contributed by atoms with E-state index in [9.17, 15) is 4.39 Å². The number of pyridine rings is 1. The van der Waals surface area contributed by atoms with Gasteiger partial charge in [-0.2, -0.15) is 0 Å². The molecule has 0 amide bonds. The van der Waals surface area contributed by atoms with Crippen molar-refractivity contribution in [3.63, 3.8) is 0 Å². The molecule has 1 aliphatic carbocycles. The monoisotopic (exact) mass is 213 g/mol. The van der Waals surface area contributed by atoms with E-state index in [0.717, 1.165) is 18.4 Å². The van der Waals surface area contributed by atoms with Crippen LogP contribution in [0.3, 0.4) is 0 Å². The Morgan fingerprint density at radius 1 is 1.50 bits per heavy atom. The highest BCUT2D eigenvalue weighted by Crippen LogP contribution is 2.42. The number of hydrogen-bond acceptors (Lipinski definition) is 1. The van der Waals surface area contributed by atoms with E-state index in [1.165, 1.54) is 6.20 Å². The molecule has 1 aromatic heterocycles. The fourth-order valence-corrected chi connectivity index (χ4v) is 2.54. The molecule has 0 spiro atoms. The summed E-state index contributed by atoms with van der Waals surface area (Å²) in [6.45, 7) is 2.09. The van der Waals surface area contributed by atoms with E-state index < -0.39 is 0 Å². The predicted molar refractivity (Wildman–Crippen MR) is 55.0 cm³/mol. The summed E-state index contributed by atoms with van der Waals surface area (Å²) in [5.74, 6) is 0.421. The van der Waals surface area contributed by atoms with E-state index in [4.69, 9.17) is 11.6 Å². The molecule has 0 radical (unpaired) electrons. The Balaban J connectivity index is 2.28. The summed E-state index contributed by atoms with van der Waals surface area (Å²) in [6.07, 6.45) is 4.89. The molecule has 0 aromatic carbocycles. The first-order valence-electron chi connectivity index (χ1n) is 4.93. The maximum atomic E-state index is 13.4. The minimum Gasteiger partial charge on any atom is -0.262 e. The third-order valence-corrected chi connectivity index (χ3v) is 3.78. The van der Waals surface area contributed by atoms with E-state index in [1.807, 2.05) is 0 Å². The van der Waals surface area contributed by atoms with Crippen molar-refractivity contribution in [1.29, 1.82) is 0 Å². The summed E-state index contributed by atoms with van der Waals surface area (Å²) in [6, 6.07) is 1.77. The average Bonchev–Trinajstić information content (AvgIpc) is 2.49. The van der Waals surface area contributed by atoms with Crippen molar-refractivity contribution in [3.8, 4) is 0 Å². The molecule has 76 valence electrons. The quantitative estimate of drug-likeness (QED) is 0.652. The summed E-state index contributed by atoms with van der Waals surface area (Å²) < 4.78 is 13.4. The normalized spacial score (nSPS) is 32.1. The molecule has 14 heavy (non-hydrogen) atoms. The van der Waals surface area contributed by atoms with Crippen LogP contribution in [-0.2, 0) is 0 Å². The van der Waals surface area contributed by atoms with Crippen molar-refractivity contribution >= 4 is 11.6 Å². The highest BCUT2D eigenvalue weighted by Gasteiger charge is 2.33. The molecule has 1 nitrogen and oxygen atoms in total. The van der Waals surface area contributed by atoms with Gasteiger partial charge < -0.3 is 0 Å². The van der Waals surface area contributed by atoms with E-state index >= 15 is 0 Å². The Morgan fingerprint density at radius 3 is 2.86 bits per heavy atom. The number of halogens is 2. The third kappa shape index (κ3) is 1.63. The second kappa shape index (κ2) is 3.85. The Morgan fingerprint density at radius 2 is 2.29 bits per heavy atom. The predicted octanol–water partition coefficient (Wildman–Crippen LogP) is 3.34. The van der Waals surface area contributed by atoms with Crippen LogP contribution in [-0.4, -0.2) is 10.4 Å². The van der Waals surface area contributed by atoms with Gasteiger partial charge in [0.15, 0.2) is 0 Å². The summed E-state index contributed by atoms with van der Waals surface area (Å²) in [5.41, 5.74) is 0.774. The van der Waals surface area contributed by atoms with Crippen molar-refractivity contribution in [3.05, 3.63) is 29.8 Å². The first-order valence-corrected chi connectivity index (χ1v) is 5.37. The zero-order chi connectivity index (χ0) is 10.1. The lowest BCUT2D eigenvalue weighted by Gasteiger charge is -2.17. The smallest absolute Gasteiger partial charge is 0.144 e. The molecule has 3 heteroatoms. The van der Waals surface area contributed by atoms with E-state index in [1.54, 1.807) is 12.3 Å². The lowest BCUT2D eigenvalue weighted by atomic mass is 9.90. The second-order valence-corrected chi connectivity index (χ2v) is 4.52. The average molecular weight is 214 g/mol. The van der Waals surface area contributed by atoms with Crippen molar-refractivity contribution < 1.29 is 4.39 Å². The van der Waals surface area contributed by atoms with Gasteiger partial charge in [-0.3, -0.25) is 4.98 Å². The fourth-order valence-electron chi connectivity index (χ4n) is 2.24. The zero-order valence-electron chi connectivity index (χ0n) is 8.08. The van der Waals surface area contributed by atoms with Crippen LogP contribution in [0.15, 0.2) is 18.5 Å². The highest BCUT2D eigenvalue weighted by molar-refractivity contribution is 6.21. The SMILES string of the molecule is CC1C(Cl)CCC1c1ccncc1F. The van der Waals surface area contributed by atoms with Crippen LogP contribution < -0.4 is 0 Å². The maximum absolute atomic E-state index is 13.4. The lowest BCUT2D eigenvalue weighted by molar-refractivity contribution is 0.502. The molecule has 0 saturated heterocycles. The number of aromatic nitrogens is 1. The van der Waals surface area contributed by atoms with Gasteiger partial charge in [-0.25, -0.2) is 4.39 Å². The highest BCUT2D eigenvalue weighted by atomic mass is 35.5. The maximum Gasteiger partial charge on any atom is 0.144 e. The molecule has 0 aliphatic heterocycles. The van der Waals surface area contributed by atoms with Crippen LogP contribution in [0.25, 0.3) is 0 Å². The van der Waals surface area contributed by atoms with Crippen LogP contribution in [0.5, 0.6) is 0 Å². The summed E-state index contributed by atoms with van der Waals surface area (Å²) in [5, 5.41) is 0.188. The minimum atomic E-state index is -0.199. The van der Waals surface area contributed by atoms with Gasteiger partial charge in [-0.15, -0.1) is 11.6 Å². The van der Waals surface area contributed by atoms with Crippen LogP contribution >= 0.6 is 11.6 Å². The van der Waals surface area contributed by atoms with E-state index in [-0.39, 0.29) is 17.1 Å². The number of nitrogens with zero attached hydrogens (tertiary/aromatic N) is 1. The van der Waals surface area contributed by atoms with Crippen LogP contribution in [0.2, 0.25) is 0 Å². The number of rotatable bonds is 1. The molecule has 1 aliphatic rings. The van der Waals surface area contributed by atoms with Crippen LogP contribution in [0, 0.1) is 11.7 Å². The van der Waals surface area contributed by atoms with Crippen LogP contribution in [0.4, 0.5) is 4.39 Å². The standard InChI is InChI=1S/C11H13ClFN/c1-7-8(2-3-10(7)12)9-4-5-14-6-11(9)13/h4-8,10H,2-3H2,1H3. The molecule has 3 atom stereocenters. The van der Waals surface area contributed by atoms with Gasteiger partial charge in [0.2, 0.25) is 0 Å². The molecule has 1 aromatic rings. The molecule has 1 fully saturated rings. The molecule has 3 unspecified atom stereocenters. The first-order chi connectivity index (χ1) is 6.70. The molecular weight excluding hydrogens is 201 g/mol. The summed E-state index contributed by atoms with van der Waals surface area (Å²) in [4.78, 5) is 3.75. The summed E-state index contributed by atoms with van der Waals surface area (Å²) >= 11 is 6.12. The molecule has 1 saturated carbocycles. The lowest BCUT2D eigenvalue weighted by Crippen LogP contribution is -2.10. The molecule has 0 N–H and O–H groups in total. The Kier molecular flexibility index (Phi) is 2.73. The van der Waals surface area contributed by atoms with Crippen LogP contribution in [0.1, 0.15) is 31.2 Å².